The number of hydrogen-bond acceptors (Lipinski definition) is 1. The van der Waals surface area contributed by atoms with Crippen LogP contribution in [-0.2, 0) is 5.41 Å². The Bertz CT molecular complexity index is 1480. The van der Waals surface area contributed by atoms with Gasteiger partial charge in [0.05, 0.1) is 5.41 Å². The molecule has 1 heterocycles. The van der Waals surface area contributed by atoms with Crippen molar-refractivity contribution in [3.05, 3.63) is 118 Å². The van der Waals surface area contributed by atoms with Crippen molar-refractivity contribution >= 4 is 37.4 Å². The van der Waals surface area contributed by atoms with Crippen molar-refractivity contribution in [1.82, 2.24) is 0 Å². The van der Waals surface area contributed by atoms with Gasteiger partial charge >= 0.3 is 0 Å². The van der Waals surface area contributed by atoms with Gasteiger partial charge in [0.25, 0.3) is 0 Å². The van der Waals surface area contributed by atoms with Gasteiger partial charge in [-0.25, -0.2) is 0 Å². The highest BCUT2D eigenvalue weighted by atomic mass is 79.9. The van der Waals surface area contributed by atoms with Crippen molar-refractivity contribution in [2.75, 3.05) is 0 Å². The summed E-state index contributed by atoms with van der Waals surface area (Å²) in [5.74, 6) is 0. The molecular weight excluding hydrogens is 436 g/mol. The van der Waals surface area contributed by atoms with Crippen molar-refractivity contribution in [3.8, 4) is 21.6 Å². The molecule has 1 unspecified atom stereocenters. The zero-order valence-electron chi connectivity index (χ0n) is 15.4. The largest absolute Gasteiger partial charge is 0.135 e. The van der Waals surface area contributed by atoms with Crippen molar-refractivity contribution in [1.29, 1.82) is 0 Å². The fraction of sp³-hybridized carbons (Fsp3) is 0.0370. The average Bonchev–Trinajstić information content (AvgIpc) is 3.37. The predicted molar refractivity (Wildman–Crippen MR) is 126 cm³/mol. The second kappa shape index (κ2) is 5.47. The molecule has 0 N–H and O–H groups in total. The summed E-state index contributed by atoms with van der Waals surface area (Å²) in [5, 5.41) is 1.38. The molecule has 29 heavy (non-hydrogen) atoms. The quantitative estimate of drug-likeness (QED) is 0.219. The summed E-state index contributed by atoms with van der Waals surface area (Å²) in [6.45, 7) is 0. The van der Waals surface area contributed by atoms with E-state index in [9.17, 15) is 0 Å². The molecule has 4 aromatic carbocycles. The molecule has 0 aliphatic heterocycles. The molecule has 0 saturated carbocycles. The minimum Gasteiger partial charge on any atom is -0.135 e. The van der Waals surface area contributed by atoms with Crippen LogP contribution in [0.1, 0.15) is 22.3 Å². The summed E-state index contributed by atoms with van der Waals surface area (Å²) >= 11 is 5.69. The molecule has 2 aliphatic rings. The molecule has 1 atom stereocenters. The third-order valence-electron chi connectivity index (χ3n) is 6.55. The van der Waals surface area contributed by atoms with Crippen molar-refractivity contribution < 1.29 is 0 Å². The molecule has 0 bridgehead atoms. The van der Waals surface area contributed by atoms with Crippen LogP contribution < -0.4 is 0 Å². The molecule has 0 fully saturated rings. The lowest BCUT2D eigenvalue weighted by molar-refractivity contribution is 0.802. The minimum absolute atomic E-state index is 0.249. The molecule has 0 amide bonds. The Hall–Kier alpha value is -2.68. The Kier molecular flexibility index (Phi) is 3.05. The van der Waals surface area contributed by atoms with Crippen LogP contribution in [0.4, 0.5) is 0 Å². The number of thiophene rings is 1. The monoisotopic (exact) mass is 450 g/mol. The van der Waals surface area contributed by atoms with E-state index in [-0.39, 0.29) is 5.41 Å². The van der Waals surface area contributed by atoms with E-state index in [4.69, 9.17) is 0 Å². The van der Waals surface area contributed by atoms with E-state index in [0.29, 0.717) is 0 Å². The number of rotatable bonds is 0. The lowest BCUT2D eigenvalue weighted by Crippen LogP contribution is -2.25. The number of fused-ring (bicyclic) bond motifs is 12. The SMILES string of the molecule is Brc1ccc2c(c1)C1(c3ccccc3-2)c2ccccc2-c2sc3ccccc3c21. The van der Waals surface area contributed by atoms with E-state index in [1.54, 1.807) is 0 Å². The van der Waals surface area contributed by atoms with E-state index < -0.39 is 0 Å². The summed E-state index contributed by atoms with van der Waals surface area (Å²) in [6, 6.07) is 33.7. The molecule has 0 nitrogen and oxygen atoms in total. The van der Waals surface area contributed by atoms with Gasteiger partial charge in [-0.15, -0.1) is 11.3 Å². The van der Waals surface area contributed by atoms with Crippen LogP contribution in [0, 0.1) is 0 Å². The molecule has 1 aromatic heterocycles. The highest BCUT2D eigenvalue weighted by Crippen LogP contribution is 2.65. The first-order chi connectivity index (χ1) is 14.3. The van der Waals surface area contributed by atoms with Crippen LogP contribution in [0.15, 0.2) is 95.5 Å². The molecule has 2 heteroatoms. The van der Waals surface area contributed by atoms with Gasteiger partial charge in [0.15, 0.2) is 0 Å². The number of hydrogen-bond donors (Lipinski definition) is 0. The summed E-state index contributed by atoms with van der Waals surface area (Å²) < 4.78 is 2.50. The van der Waals surface area contributed by atoms with Crippen molar-refractivity contribution in [3.63, 3.8) is 0 Å². The summed E-state index contributed by atoms with van der Waals surface area (Å²) in [7, 11) is 0. The molecule has 0 saturated heterocycles. The van der Waals surface area contributed by atoms with E-state index in [1.165, 1.54) is 53.9 Å². The first-order valence-electron chi connectivity index (χ1n) is 9.82. The summed E-state index contributed by atoms with van der Waals surface area (Å²) in [5.41, 5.74) is 9.51. The Morgan fingerprint density at radius 2 is 1.28 bits per heavy atom. The fourth-order valence-electron chi connectivity index (χ4n) is 5.56. The lowest BCUT2D eigenvalue weighted by Gasteiger charge is -2.30. The Morgan fingerprint density at radius 1 is 0.621 bits per heavy atom. The van der Waals surface area contributed by atoms with Gasteiger partial charge < -0.3 is 0 Å². The smallest absolute Gasteiger partial charge is 0.0740 e. The third kappa shape index (κ3) is 1.81. The maximum atomic E-state index is 3.76. The van der Waals surface area contributed by atoms with Gasteiger partial charge in [-0.2, -0.15) is 0 Å². The zero-order chi connectivity index (χ0) is 19.2. The highest BCUT2D eigenvalue weighted by molar-refractivity contribution is 9.10. The van der Waals surface area contributed by atoms with E-state index in [0.717, 1.165) is 4.47 Å². The van der Waals surface area contributed by atoms with Crippen LogP contribution in [0.2, 0.25) is 0 Å². The molecule has 136 valence electrons. The van der Waals surface area contributed by atoms with Gasteiger partial charge in [-0.05, 0) is 62.5 Å². The van der Waals surface area contributed by atoms with E-state index >= 15 is 0 Å². The maximum Gasteiger partial charge on any atom is 0.0740 e. The first-order valence-corrected chi connectivity index (χ1v) is 11.4. The van der Waals surface area contributed by atoms with E-state index in [1.807, 2.05) is 11.3 Å². The highest BCUT2D eigenvalue weighted by Gasteiger charge is 2.53. The first kappa shape index (κ1) is 16.2. The van der Waals surface area contributed by atoms with Crippen LogP contribution in [0.3, 0.4) is 0 Å². The van der Waals surface area contributed by atoms with E-state index in [2.05, 4.69) is 107 Å². The molecule has 2 aliphatic carbocycles. The average molecular weight is 451 g/mol. The maximum absolute atomic E-state index is 3.76. The Morgan fingerprint density at radius 3 is 2.14 bits per heavy atom. The number of benzene rings is 4. The van der Waals surface area contributed by atoms with Crippen LogP contribution in [0.25, 0.3) is 31.7 Å². The van der Waals surface area contributed by atoms with Gasteiger partial charge in [0, 0.05) is 14.0 Å². The third-order valence-corrected chi connectivity index (χ3v) is 8.25. The second-order valence-electron chi connectivity index (χ2n) is 7.83. The van der Waals surface area contributed by atoms with Gasteiger partial charge in [-0.3, -0.25) is 0 Å². The van der Waals surface area contributed by atoms with Crippen LogP contribution in [-0.4, -0.2) is 0 Å². The Labute approximate surface area is 181 Å². The fourth-order valence-corrected chi connectivity index (χ4v) is 7.22. The molecule has 7 rings (SSSR count). The van der Waals surface area contributed by atoms with Crippen LogP contribution >= 0.6 is 27.3 Å². The molecule has 0 radical (unpaired) electrons. The molecular formula is C27H15BrS. The standard InChI is InChI=1S/C27H15BrS/c28-16-13-14-18-17-7-1-4-10-21(17)27(23(18)15-16)22-11-5-2-8-19(22)26-25(27)20-9-3-6-12-24(20)29-26/h1-15H. The number of halogens is 1. The second-order valence-corrected chi connectivity index (χ2v) is 9.80. The van der Waals surface area contributed by atoms with Crippen molar-refractivity contribution in [2.24, 2.45) is 0 Å². The van der Waals surface area contributed by atoms with Gasteiger partial charge in [0.2, 0.25) is 0 Å². The molecule has 1 spiro atoms. The topological polar surface area (TPSA) is 0 Å². The van der Waals surface area contributed by atoms with Crippen molar-refractivity contribution in [2.45, 2.75) is 5.41 Å². The van der Waals surface area contributed by atoms with Crippen LogP contribution in [0.5, 0.6) is 0 Å². The summed E-state index contributed by atoms with van der Waals surface area (Å²) in [4.78, 5) is 1.42. The molecule has 5 aromatic rings. The van der Waals surface area contributed by atoms with Gasteiger partial charge in [0.1, 0.15) is 0 Å². The zero-order valence-corrected chi connectivity index (χ0v) is 17.8. The normalized spacial score (nSPS) is 18.0. The lowest BCUT2D eigenvalue weighted by atomic mass is 9.70. The minimum atomic E-state index is -0.249. The Balaban J connectivity index is 1.78. The summed E-state index contributed by atoms with van der Waals surface area (Å²) in [6.07, 6.45) is 0. The predicted octanol–water partition coefficient (Wildman–Crippen LogP) is 8.01. The van der Waals surface area contributed by atoms with Gasteiger partial charge in [-0.1, -0.05) is 88.7 Å².